The van der Waals surface area contributed by atoms with Gasteiger partial charge in [-0.3, -0.25) is 0 Å². The Balaban J connectivity index is 1.32. The van der Waals surface area contributed by atoms with Gasteiger partial charge in [-0.05, 0) is 36.5 Å². The van der Waals surface area contributed by atoms with Crippen molar-refractivity contribution in [3.05, 3.63) is 42.2 Å². The minimum atomic E-state index is -0.0395. The molecule has 0 aliphatic carbocycles. The van der Waals surface area contributed by atoms with Gasteiger partial charge in [0.25, 0.3) is 0 Å². The van der Waals surface area contributed by atoms with Gasteiger partial charge < -0.3 is 20.0 Å². The quantitative estimate of drug-likeness (QED) is 0.859. The zero-order valence-corrected chi connectivity index (χ0v) is 17.3. The van der Waals surface area contributed by atoms with E-state index in [4.69, 9.17) is 0 Å². The molecule has 2 fully saturated rings. The summed E-state index contributed by atoms with van der Waals surface area (Å²) in [5.41, 5.74) is 2.11. The molecule has 1 aromatic carbocycles. The summed E-state index contributed by atoms with van der Waals surface area (Å²) in [5, 5.41) is 3.01. The summed E-state index contributed by atoms with van der Waals surface area (Å²) in [6.07, 6.45) is 4.11. The highest BCUT2D eigenvalue weighted by Crippen LogP contribution is 2.22. The van der Waals surface area contributed by atoms with Crippen molar-refractivity contribution in [3.63, 3.8) is 0 Å². The fourth-order valence-corrected chi connectivity index (χ4v) is 3.92. The smallest absolute Gasteiger partial charge is 0.321 e. The minimum Gasteiger partial charge on any atom is -0.356 e. The van der Waals surface area contributed by atoms with E-state index in [1.54, 1.807) is 6.33 Å². The molecule has 7 nitrogen and oxygen atoms in total. The van der Waals surface area contributed by atoms with Crippen LogP contribution in [0.1, 0.15) is 38.2 Å². The molecular weight excluding hydrogens is 364 g/mol. The Kier molecular flexibility index (Phi) is 5.83. The molecule has 2 aliphatic rings. The number of hydrogen-bond donors (Lipinski definition) is 1. The summed E-state index contributed by atoms with van der Waals surface area (Å²) in [5.74, 6) is 2.45. The van der Waals surface area contributed by atoms with E-state index in [1.165, 1.54) is 18.4 Å². The molecule has 2 amide bonds. The van der Waals surface area contributed by atoms with Crippen molar-refractivity contribution >= 4 is 23.4 Å². The number of hydrogen-bond acceptors (Lipinski definition) is 5. The predicted molar refractivity (Wildman–Crippen MR) is 117 cm³/mol. The number of urea groups is 1. The van der Waals surface area contributed by atoms with Crippen LogP contribution in [-0.4, -0.2) is 60.2 Å². The van der Waals surface area contributed by atoms with E-state index in [1.807, 2.05) is 17.0 Å². The van der Waals surface area contributed by atoms with E-state index < -0.39 is 0 Å². The molecule has 0 spiro atoms. The van der Waals surface area contributed by atoms with Crippen molar-refractivity contribution in [2.24, 2.45) is 0 Å². The average Bonchev–Trinajstić information content (AvgIpc) is 3.29. The second-order valence-electron chi connectivity index (χ2n) is 8.11. The molecule has 2 aromatic rings. The second-order valence-corrected chi connectivity index (χ2v) is 8.11. The summed E-state index contributed by atoms with van der Waals surface area (Å²) >= 11 is 0. The number of aromatic nitrogens is 2. The summed E-state index contributed by atoms with van der Waals surface area (Å²) in [6.45, 7) is 9.38. The van der Waals surface area contributed by atoms with Crippen LogP contribution in [0.25, 0.3) is 0 Å². The first-order valence-electron chi connectivity index (χ1n) is 10.6. The standard InChI is InChI=1S/C22H30N6O/c1-17(2)18-5-7-19(8-6-18)25-22(29)28-13-11-27(12-14-28)21-15-20(23-16-24-21)26-9-3-4-10-26/h5-8,15-17H,3-4,9-14H2,1-2H3,(H,25,29). The highest BCUT2D eigenvalue weighted by atomic mass is 16.2. The largest absolute Gasteiger partial charge is 0.356 e. The van der Waals surface area contributed by atoms with Gasteiger partial charge in [-0.1, -0.05) is 26.0 Å². The highest BCUT2D eigenvalue weighted by molar-refractivity contribution is 5.89. The zero-order chi connectivity index (χ0) is 20.2. The van der Waals surface area contributed by atoms with Crippen molar-refractivity contribution in [2.45, 2.75) is 32.6 Å². The van der Waals surface area contributed by atoms with Crippen molar-refractivity contribution in [2.75, 3.05) is 54.4 Å². The SMILES string of the molecule is CC(C)c1ccc(NC(=O)N2CCN(c3cc(N4CCCC4)ncn3)CC2)cc1. The van der Waals surface area contributed by atoms with Crippen LogP contribution in [0.2, 0.25) is 0 Å². The average molecular weight is 395 g/mol. The fraction of sp³-hybridized carbons (Fsp3) is 0.500. The Morgan fingerprint density at radius 2 is 1.48 bits per heavy atom. The lowest BCUT2D eigenvalue weighted by atomic mass is 10.0. The molecule has 0 atom stereocenters. The molecule has 1 aromatic heterocycles. The Morgan fingerprint density at radius 3 is 2.07 bits per heavy atom. The first-order valence-corrected chi connectivity index (χ1v) is 10.6. The van der Waals surface area contributed by atoms with E-state index in [2.05, 4.69) is 57.1 Å². The normalized spacial score (nSPS) is 17.1. The highest BCUT2D eigenvalue weighted by Gasteiger charge is 2.23. The van der Waals surface area contributed by atoms with E-state index in [0.717, 1.165) is 43.5 Å². The van der Waals surface area contributed by atoms with E-state index in [9.17, 15) is 4.79 Å². The van der Waals surface area contributed by atoms with Crippen LogP contribution < -0.4 is 15.1 Å². The van der Waals surface area contributed by atoms with Crippen LogP contribution in [-0.2, 0) is 0 Å². The number of nitrogens with zero attached hydrogens (tertiary/aromatic N) is 5. The number of benzene rings is 1. The number of piperazine rings is 1. The maximum atomic E-state index is 12.6. The molecular formula is C22H30N6O. The molecule has 154 valence electrons. The number of carbonyl (C=O) groups excluding carboxylic acids is 1. The number of nitrogens with one attached hydrogen (secondary N) is 1. The molecule has 29 heavy (non-hydrogen) atoms. The Labute approximate surface area is 172 Å². The first-order chi connectivity index (χ1) is 14.1. The fourth-order valence-electron chi connectivity index (χ4n) is 3.92. The van der Waals surface area contributed by atoms with Gasteiger partial charge in [0.05, 0.1) is 0 Å². The summed E-state index contributed by atoms with van der Waals surface area (Å²) in [4.78, 5) is 27.9. The zero-order valence-electron chi connectivity index (χ0n) is 17.3. The van der Waals surface area contributed by atoms with Crippen molar-refractivity contribution in [1.82, 2.24) is 14.9 Å². The third-order valence-electron chi connectivity index (χ3n) is 5.79. The van der Waals surface area contributed by atoms with Gasteiger partial charge >= 0.3 is 6.03 Å². The van der Waals surface area contributed by atoms with Crippen LogP contribution in [0, 0.1) is 0 Å². The number of carbonyl (C=O) groups is 1. The molecule has 4 rings (SSSR count). The summed E-state index contributed by atoms with van der Waals surface area (Å²) in [7, 11) is 0. The third kappa shape index (κ3) is 4.60. The van der Waals surface area contributed by atoms with Gasteiger partial charge in [0.1, 0.15) is 18.0 Å². The topological polar surface area (TPSA) is 64.6 Å². The third-order valence-corrected chi connectivity index (χ3v) is 5.79. The number of rotatable bonds is 4. The molecule has 0 radical (unpaired) electrons. The monoisotopic (exact) mass is 394 g/mol. The van der Waals surface area contributed by atoms with Crippen LogP contribution >= 0.6 is 0 Å². The van der Waals surface area contributed by atoms with Crippen LogP contribution in [0.3, 0.4) is 0 Å². The summed E-state index contributed by atoms with van der Waals surface area (Å²) in [6, 6.07) is 10.1. The lowest BCUT2D eigenvalue weighted by Crippen LogP contribution is -2.50. The van der Waals surface area contributed by atoms with E-state index >= 15 is 0 Å². The van der Waals surface area contributed by atoms with Crippen LogP contribution in [0.5, 0.6) is 0 Å². The van der Waals surface area contributed by atoms with Gasteiger partial charge in [0.2, 0.25) is 0 Å². The molecule has 0 saturated carbocycles. The molecule has 2 aliphatic heterocycles. The van der Waals surface area contributed by atoms with Crippen molar-refractivity contribution in [1.29, 1.82) is 0 Å². The second kappa shape index (κ2) is 8.68. The Morgan fingerprint density at radius 1 is 0.897 bits per heavy atom. The summed E-state index contributed by atoms with van der Waals surface area (Å²) < 4.78 is 0. The molecule has 1 N–H and O–H groups in total. The Bertz CT molecular complexity index is 823. The van der Waals surface area contributed by atoms with Crippen LogP contribution in [0.15, 0.2) is 36.7 Å². The van der Waals surface area contributed by atoms with E-state index in [-0.39, 0.29) is 6.03 Å². The molecule has 7 heteroatoms. The van der Waals surface area contributed by atoms with Crippen LogP contribution in [0.4, 0.5) is 22.1 Å². The van der Waals surface area contributed by atoms with Gasteiger partial charge in [0.15, 0.2) is 0 Å². The minimum absolute atomic E-state index is 0.0395. The first kappa shape index (κ1) is 19.5. The molecule has 0 bridgehead atoms. The maximum absolute atomic E-state index is 12.6. The predicted octanol–water partition coefficient (Wildman–Crippen LogP) is 3.55. The lowest BCUT2D eigenvalue weighted by Gasteiger charge is -2.35. The lowest BCUT2D eigenvalue weighted by molar-refractivity contribution is 0.208. The number of amides is 2. The Hall–Kier alpha value is -2.83. The maximum Gasteiger partial charge on any atom is 0.321 e. The number of anilines is 3. The van der Waals surface area contributed by atoms with E-state index in [0.29, 0.717) is 19.0 Å². The van der Waals surface area contributed by atoms with Crippen molar-refractivity contribution < 1.29 is 4.79 Å². The van der Waals surface area contributed by atoms with Gasteiger partial charge in [0, 0.05) is 51.0 Å². The molecule has 2 saturated heterocycles. The molecule has 0 unspecified atom stereocenters. The van der Waals surface area contributed by atoms with Gasteiger partial charge in [-0.2, -0.15) is 0 Å². The van der Waals surface area contributed by atoms with Gasteiger partial charge in [-0.15, -0.1) is 0 Å². The molecule has 3 heterocycles. The van der Waals surface area contributed by atoms with Crippen molar-refractivity contribution in [3.8, 4) is 0 Å². The van der Waals surface area contributed by atoms with Gasteiger partial charge in [-0.25, -0.2) is 14.8 Å².